The summed E-state index contributed by atoms with van der Waals surface area (Å²) in [6, 6.07) is -1.65. The first-order chi connectivity index (χ1) is 13.5. The zero-order chi connectivity index (χ0) is 21.2. The van der Waals surface area contributed by atoms with Crippen molar-refractivity contribution < 1.29 is 13.2 Å². The second-order valence-corrected chi connectivity index (χ2v) is 9.97. The van der Waals surface area contributed by atoms with E-state index in [1.165, 1.54) is 36.2 Å². The number of nitrogens with one attached hydrogen (secondary N) is 3. The number of likely N-dealkylation sites (N-methyl/N-ethyl adjacent to an activating group) is 1. The number of allylic oxidation sites excluding steroid dienone is 2. The summed E-state index contributed by atoms with van der Waals surface area (Å²) >= 11 is 2.60. The van der Waals surface area contributed by atoms with Gasteiger partial charge < -0.3 is 20.7 Å². The van der Waals surface area contributed by atoms with Gasteiger partial charge in [0.05, 0.1) is 11.2 Å². The highest BCUT2D eigenvalue weighted by Gasteiger charge is 2.45. The molecule has 0 radical (unpaired) electrons. The number of nitrogens with zero attached hydrogens (tertiary/aromatic N) is 2. The Hall–Kier alpha value is -1.01. The van der Waals surface area contributed by atoms with Crippen molar-refractivity contribution >= 4 is 23.7 Å². The van der Waals surface area contributed by atoms with Crippen LogP contribution in [0.15, 0.2) is 34.5 Å². The van der Waals surface area contributed by atoms with Gasteiger partial charge in [0.1, 0.15) is 5.50 Å². The van der Waals surface area contributed by atoms with Gasteiger partial charge >= 0.3 is 6.18 Å². The Morgan fingerprint density at radius 3 is 2.66 bits per heavy atom. The summed E-state index contributed by atoms with van der Waals surface area (Å²) in [5, 5.41) is 7.39. The van der Waals surface area contributed by atoms with E-state index in [0.29, 0.717) is 5.03 Å². The summed E-state index contributed by atoms with van der Waals surface area (Å²) in [5.74, 6) is 0. The van der Waals surface area contributed by atoms with Gasteiger partial charge in [0.2, 0.25) is 0 Å². The lowest BCUT2D eigenvalue weighted by Gasteiger charge is -2.42. The lowest BCUT2D eigenvalue weighted by atomic mass is 9.91. The Balaban J connectivity index is 1.64. The van der Waals surface area contributed by atoms with E-state index in [1.54, 1.807) is 12.3 Å². The molecule has 3 atom stereocenters. The van der Waals surface area contributed by atoms with Crippen LogP contribution in [0.3, 0.4) is 0 Å². The van der Waals surface area contributed by atoms with Crippen LogP contribution in [0.25, 0.3) is 0 Å². The van der Waals surface area contributed by atoms with Crippen molar-refractivity contribution in [3.05, 3.63) is 34.5 Å². The summed E-state index contributed by atoms with van der Waals surface area (Å²) in [5.41, 5.74) is 6.15. The summed E-state index contributed by atoms with van der Waals surface area (Å²) in [4.78, 5) is 3.75. The number of hydrogen-bond acceptors (Lipinski definition) is 8. The average molecular weight is 451 g/mol. The summed E-state index contributed by atoms with van der Waals surface area (Å²) in [7, 11) is 1.44. The summed E-state index contributed by atoms with van der Waals surface area (Å²) < 4.78 is 43.7. The van der Waals surface area contributed by atoms with Crippen LogP contribution in [0.1, 0.15) is 26.7 Å². The first-order valence-electron chi connectivity index (χ1n) is 9.57. The number of halogens is 3. The van der Waals surface area contributed by atoms with Crippen LogP contribution in [-0.2, 0) is 0 Å². The van der Waals surface area contributed by atoms with Gasteiger partial charge in [-0.1, -0.05) is 11.8 Å². The van der Waals surface area contributed by atoms with E-state index < -0.39 is 12.2 Å². The van der Waals surface area contributed by atoms with Crippen molar-refractivity contribution in [2.75, 3.05) is 20.1 Å². The molecule has 0 saturated carbocycles. The van der Waals surface area contributed by atoms with Gasteiger partial charge in [-0.05, 0) is 57.0 Å². The van der Waals surface area contributed by atoms with Gasteiger partial charge in [-0.2, -0.15) is 13.2 Å². The lowest BCUT2D eigenvalue weighted by Crippen LogP contribution is -2.57. The highest BCUT2D eigenvalue weighted by molar-refractivity contribution is 8.06. The molecule has 1 fully saturated rings. The molecule has 3 rings (SSSR count). The molecule has 29 heavy (non-hydrogen) atoms. The third-order valence-corrected chi connectivity index (χ3v) is 7.15. The highest BCUT2D eigenvalue weighted by atomic mass is 32.2. The van der Waals surface area contributed by atoms with Crippen LogP contribution in [0.2, 0.25) is 0 Å². The van der Waals surface area contributed by atoms with Crippen LogP contribution in [0.5, 0.6) is 0 Å². The fraction of sp³-hybridized carbons (Fsp3) is 0.667. The molecule has 0 amide bonds. The number of thioether (sulfide) groups is 1. The SMILES string of the molecule is CC1N/C(SC2=CC=CN(C)C2C(F)(F)F)=C\NSC(N2CCC(C)(N)CC2)N1. The molecule has 11 heteroatoms. The Labute approximate surface area is 178 Å². The van der Waals surface area contributed by atoms with Crippen molar-refractivity contribution in [3.8, 4) is 0 Å². The zero-order valence-corrected chi connectivity index (χ0v) is 18.4. The molecule has 5 N–H and O–H groups in total. The van der Waals surface area contributed by atoms with Crippen LogP contribution in [0.4, 0.5) is 13.2 Å². The number of hydrogen-bond donors (Lipinski definition) is 4. The van der Waals surface area contributed by atoms with Crippen molar-refractivity contribution in [1.29, 1.82) is 0 Å². The molecular weight excluding hydrogens is 421 g/mol. The van der Waals surface area contributed by atoms with E-state index in [1.807, 2.05) is 6.92 Å². The molecule has 6 nitrogen and oxygen atoms in total. The molecule has 0 aliphatic carbocycles. The maximum Gasteiger partial charge on any atom is 0.413 e. The second kappa shape index (κ2) is 9.01. The number of alkyl halides is 3. The Kier molecular flexibility index (Phi) is 7.04. The molecule has 0 aromatic carbocycles. The van der Waals surface area contributed by atoms with Crippen molar-refractivity contribution in [2.45, 2.75) is 56.1 Å². The van der Waals surface area contributed by atoms with Gasteiger partial charge in [-0.3, -0.25) is 10.2 Å². The Bertz CT molecular complexity index is 669. The second-order valence-electron chi connectivity index (χ2n) is 7.94. The zero-order valence-electron chi connectivity index (χ0n) is 16.8. The van der Waals surface area contributed by atoms with Gasteiger partial charge in [0.25, 0.3) is 0 Å². The maximum absolute atomic E-state index is 13.5. The smallest absolute Gasteiger partial charge is 0.365 e. The minimum Gasteiger partial charge on any atom is -0.365 e. The third kappa shape index (κ3) is 6.00. The molecule has 0 aromatic rings. The topological polar surface area (TPSA) is 68.6 Å². The minimum atomic E-state index is -4.34. The largest absolute Gasteiger partial charge is 0.413 e. The predicted molar refractivity (Wildman–Crippen MR) is 114 cm³/mol. The Morgan fingerprint density at radius 2 is 2.00 bits per heavy atom. The van der Waals surface area contributed by atoms with Crippen molar-refractivity contribution in [3.63, 3.8) is 0 Å². The van der Waals surface area contributed by atoms with Gasteiger partial charge in [-0.15, -0.1) is 0 Å². The van der Waals surface area contributed by atoms with Crippen LogP contribution < -0.4 is 21.1 Å². The molecule has 3 aliphatic rings. The lowest BCUT2D eigenvalue weighted by molar-refractivity contribution is -0.162. The molecule has 0 bridgehead atoms. The van der Waals surface area contributed by atoms with E-state index >= 15 is 0 Å². The van der Waals surface area contributed by atoms with Gasteiger partial charge in [0, 0.05) is 36.8 Å². The van der Waals surface area contributed by atoms with Crippen LogP contribution in [0, 0.1) is 0 Å². The fourth-order valence-electron chi connectivity index (χ4n) is 3.47. The first-order valence-corrected chi connectivity index (χ1v) is 11.3. The molecule has 164 valence electrons. The van der Waals surface area contributed by atoms with Crippen molar-refractivity contribution in [2.24, 2.45) is 5.73 Å². The predicted octanol–water partition coefficient (Wildman–Crippen LogP) is 2.67. The Morgan fingerprint density at radius 1 is 1.31 bits per heavy atom. The molecule has 1 saturated heterocycles. The standard InChI is InChI=1S/C18H29F3N6S2/c1-12-24-14(28-13-5-4-8-26(3)15(13)18(19,20)21)11-23-29-16(25-12)27-9-6-17(2,22)7-10-27/h4-5,8,11-12,15-16,23-25H,6-7,9-10,22H2,1-3H3/b14-11+. The molecule has 3 unspecified atom stereocenters. The molecular formula is C18H29F3N6S2. The third-order valence-electron chi connectivity index (χ3n) is 5.19. The molecule has 3 aliphatic heterocycles. The summed E-state index contributed by atoms with van der Waals surface area (Å²) in [6.07, 6.45) is 3.74. The quantitative estimate of drug-likeness (QED) is 0.490. The van der Waals surface area contributed by atoms with Gasteiger partial charge in [-0.25, -0.2) is 0 Å². The maximum atomic E-state index is 13.5. The fourth-order valence-corrected chi connectivity index (χ4v) is 5.65. The van der Waals surface area contributed by atoms with Crippen LogP contribution >= 0.6 is 23.7 Å². The van der Waals surface area contributed by atoms with Crippen LogP contribution in [-0.4, -0.2) is 59.4 Å². The molecule has 0 spiro atoms. The number of likely N-dealkylation sites (tertiary alicyclic amines) is 1. The molecule has 3 heterocycles. The number of rotatable bonds is 3. The van der Waals surface area contributed by atoms with E-state index in [0.717, 1.165) is 37.7 Å². The first kappa shape index (κ1) is 22.7. The average Bonchev–Trinajstić information content (AvgIpc) is 2.58. The van der Waals surface area contributed by atoms with E-state index in [4.69, 9.17) is 5.73 Å². The summed E-state index contributed by atoms with van der Waals surface area (Å²) in [6.45, 7) is 5.84. The van der Waals surface area contributed by atoms with Gasteiger partial charge in [0.15, 0.2) is 6.04 Å². The number of nitrogens with two attached hydrogens (primary N) is 1. The van der Waals surface area contributed by atoms with E-state index in [2.05, 4.69) is 27.2 Å². The van der Waals surface area contributed by atoms with Crippen molar-refractivity contribution in [1.82, 2.24) is 25.2 Å². The molecule has 0 aromatic heterocycles. The highest BCUT2D eigenvalue weighted by Crippen LogP contribution is 2.39. The van der Waals surface area contributed by atoms with E-state index in [-0.39, 0.29) is 22.1 Å². The normalized spacial score (nSPS) is 32.9. The monoisotopic (exact) mass is 450 g/mol. The van der Waals surface area contributed by atoms with E-state index in [9.17, 15) is 13.2 Å². The minimum absolute atomic E-state index is 0.0438. The number of piperidine rings is 1.